The summed E-state index contributed by atoms with van der Waals surface area (Å²) in [6, 6.07) is 50.4. The molecule has 0 saturated heterocycles. The van der Waals surface area contributed by atoms with E-state index < -0.39 is 0 Å². The fourth-order valence-corrected chi connectivity index (χ4v) is 8.02. The number of fused-ring (bicyclic) bond motifs is 7. The second-order valence-electron chi connectivity index (χ2n) is 13.0. The van der Waals surface area contributed by atoms with E-state index in [2.05, 4.69) is 174 Å². The minimum Gasteiger partial charge on any atom is -0.455 e. The summed E-state index contributed by atoms with van der Waals surface area (Å²) in [6.07, 6.45) is 2.09. The van der Waals surface area contributed by atoms with Crippen molar-refractivity contribution in [1.82, 2.24) is 0 Å². The number of benzene rings is 6. The maximum Gasteiger partial charge on any atom is 0.252 e. The van der Waals surface area contributed by atoms with Gasteiger partial charge in [0.25, 0.3) is 6.71 Å². The fraction of sp³-hybridized carbons (Fsp3) is 0.0465. The van der Waals surface area contributed by atoms with Gasteiger partial charge < -0.3 is 14.6 Å². The Hall–Kier alpha value is -6.07. The third-order valence-corrected chi connectivity index (χ3v) is 10.2. The molecule has 48 heavy (non-hydrogen) atoms. The topological polar surface area (TPSA) is 32.3 Å². The van der Waals surface area contributed by atoms with Crippen molar-refractivity contribution >= 4 is 73.5 Å². The van der Waals surface area contributed by atoms with Crippen molar-refractivity contribution in [3.8, 4) is 22.4 Å². The van der Waals surface area contributed by atoms with Gasteiger partial charge in [-0.15, -0.1) is 0 Å². The molecule has 1 N–H and O–H groups in total. The minimum atomic E-state index is 0.136. The summed E-state index contributed by atoms with van der Waals surface area (Å²) in [6.45, 7) is 2.30. The Kier molecular flexibility index (Phi) is 5.77. The number of aromatic nitrogens is 1. The molecule has 2 aromatic heterocycles. The molecule has 226 valence electrons. The number of hydrogen-bond acceptors (Lipinski definition) is 3. The predicted molar refractivity (Wildman–Crippen MR) is 200 cm³/mol. The van der Waals surface area contributed by atoms with Crippen molar-refractivity contribution in [1.29, 1.82) is 0 Å². The molecule has 8 aromatic rings. The molecule has 2 aliphatic heterocycles. The molecule has 2 aliphatic rings. The fourth-order valence-electron chi connectivity index (χ4n) is 8.02. The van der Waals surface area contributed by atoms with Crippen LogP contribution in [0.4, 0.5) is 28.4 Å². The highest BCUT2D eigenvalue weighted by Gasteiger charge is 2.40. The van der Waals surface area contributed by atoms with Gasteiger partial charge in [-0.2, -0.15) is 0 Å². The molecule has 0 aliphatic carbocycles. The molecule has 0 bridgehead atoms. The number of rotatable bonds is 3. The zero-order valence-electron chi connectivity index (χ0n) is 26.7. The van der Waals surface area contributed by atoms with Crippen LogP contribution in [0.15, 0.2) is 150 Å². The molecule has 0 amide bonds. The van der Waals surface area contributed by atoms with Gasteiger partial charge >= 0.3 is 0 Å². The molecule has 4 nitrogen and oxygen atoms in total. The minimum absolute atomic E-state index is 0.136. The van der Waals surface area contributed by atoms with E-state index in [0.717, 1.165) is 61.4 Å². The van der Waals surface area contributed by atoms with Crippen LogP contribution in [0, 0.1) is 6.92 Å². The van der Waals surface area contributed by atoms with E-state index in [1.54, 1.807) is 0 Å². The summed E-state index contributed by atoms with van der Waals surface area (Å²) in [7, 11) is 2.09. The molecule has 6 aromatic carbocycles. The molecule has 5 heteroatoms. The molecule has 0 saturated carbocycles. The molecule has 0 fully saturated rings. The summed E-state index contributed by atoms with van der Waals surface area (Å²) in [5, 5.41) is 6.09. The van der Waals surface area contributed by atoms with Crippen LogP contribution in [0.3, 0.4) is 0 Å². The number of hydrogen-bond donors (Lipinski definition) is 1. The maximum atomic E-state index is 6.78. The lowest BCUT2D eigenvalue weighted by Gasteiger charge is -2.41. The average Bonchev–Trinajstić information content (AvgIpc) is 3.50. The summed E-state index contributed by atoms with van der Waals surface area (Å²) in [5.41, 5.74) is 17.3. The summed E-state index contributed by atoms with van der Waals surface area (Å²) in [5.74, 6) is 0. The van der Waals surface area contributed by atoms with Crippen LogP contribution in [-0.4, -0.2) is 6.71 Å². The van der Waals surface area contributed by atoms with Crippen molar-refractivity contribution in [3.05, 3.63) is 151 Å². The first-order chi connectivity index (χ1) is 23.6. The molecule has 0 atom stereocenters. The summed E-state index contributed by atoms with van der Waals surface area (Å²) < 4.78 is 8.94. The number of anilines is 5. The van der Waals surface area contributed by atoms with E-state index in [9.17, 15) is 0 Å². The standard InChI is InChI=1S/C43H31BN3O/c1-27-19-21-32-31-22-20-28(26-40(31)48-43(32)41(27)38-18-10-11-23-46(38)2)29-24-36-42-39(25-29)47(30-12-4-3-5-13-30)37-17-9-7-15-34(37)44(42)33-14-6-8-16-35(33)45-36/h3-26,45H,1-2H3/q+1. The van der Waals surface area contributed by atoms with E-state index in [1.165, 1.54) is 33.3 Å². The highest BCUT2D eigenvalue weighted by molar-refractivity contribution is 7.00. The van der Waals surface area contributed by atoms with E-state index in [1.807, 2.05) is 0 Å². The Morgan fingerprint density at radius 1 is 0.646 bits per heavy atom. The number of pyridine rings is 1. The van der Waals surface area contributed by atoms with Crippen LogP contribution >= 0.6 is 0 Å². The lowest BCUT2D eigenvalue weighted by molar-refractivity contribution is -0.660. The first-order valence-corrected chi connectivity index (χ1v) is 16.5. The molecule has 0 spiro atoms. The lowest BCUT2D eigenvalue weighted by Crippen LogP contribution is -2.60. The van der Waals surface area contributed by atoms with Gasteiger partial charge in [-0.25, -0.2) is 4.57 Å². The number of nitrogens with zero attached hydrogens (tertiary/aromatic N) is 2. The molecule has 0 unspecified atom stereocenters. The summed E-state index contributed by atoms with van der Waals surface area (Å²) in [4.78, 5) is 2.43. The molecular formula is C43H31BN3O+. The van der Waals surface area contributed by atoms with Gasteiger partial charge in [0.15, 0.2) is 6.20 Å². The Morgan fingerprint density at radius 3 is 2.29 bits per heavy atom. The van der Waals surface area contributed by atoms with Gasteiger partial charge in [0, 0.05) is 51.3 Å². The van der Waals surface area contributed by atoms with Crippen LogP contribution in [0.25, 0.3) is 44.3 Å². The van der Waals surface area contributed by atoms with Crippen LogP contribution in [0.1, 0.15) is 5.56 Å². The van der Waals surface area contributed by atoms with Gasteiger partial charge in [0.2, 0.25) is 5.69 Å². The summed E-state index contributed by atoms with van der Waals surface area (Å²) >= 11 is 0. The van der Waals surface area contributed by atoms with E-state index in [4.69, 9.17) is 4.42 Å². The number of nitrogens with one attached hydrogen (secondary N) is 1. The van der Waals surface area contributed by atoms with Crippen molar-refractivity contribution in [2.24, 2.45) is 7.05 Å². The van der Waals surface area contributed by atoms with Gasteiger partial charge in [-0.3, -0.25) is 0 Å². The number of furan rings is 1. The van der Waals surface area contributed by atoms with Gasteiger partial charge in [-0.1, -0.05) is 72.8 Å². The zero-order valence-corrected chi connectivity index (χ0v) is 26.7. The van der Waals surface area contributed by atoms with Crippen molar-refractivity contribution < 1.29 is 8.98 Å². The van der Waals surface area contributed by atoms with E-state index >= 15 is 0 Å². The highest BCUT2D eigenvalue weighted by Crippen LogP contribution is 2.43. The first-order valence-electron chi connectivity index (χ1n) is 16.5. The third-order valence-electron chi connectivity index (χ3n) is 10.2. The zero-order chi connectivity index (χ0) is 31.9. The lowest BCUT2D eigenvalue weighted by atomic mass is 9.33. The molecule has 4 heterocycles. The highest BCUT2D eigenvalue weighted by atomic mass is 16.3. The van der Waals surface area contributed by atoms with E-state index in [-0.39, 0.29) is 6.71 Å². The second-order valence-corrected chi connectivity index (χ2v) is 13.0. The normalized spacial score (nSPS) is 12.9. The average molecular weight is 617 g/mol. The number of aryl methyl sites for hydroxylation is 2. The molecule has 0 radical (unpaired) electrons. The van der Waals surface area contributed by atoms with Gasteiger partial charge in [-0.05, 0) is 94.6 Å². The molecule has 10 rings (SSSR count). The number of para-hydroxylation sites is 3. The van der Waals surface area contributed by atoms with Gasteiger partial charge in [0.05, 0.1) is 5.56 Å². The SMILES string of the molecule is Cc1ccc2c(oc3cc(-c4cc5c6c(c4)N(c4ccccc4)c4ccccc4B6c4ccccc4N5)ccc32)c1-c1cccc[n+]1C. The maximum absolute atomic E-state index is 6.78. The quantitative estimate of drug-likeness (QED) is 0.160. The van der Waals surface area contributed by atoms with E-state index in [0.29, 0.717) is 0 Å². The van der Waals surface area contributed by atoms with Crippen LogP contribution in [0.5, 0.6) is 0 Å². The third kappa shape index (κ3) is 3.88. The van der Waals surface area contributed by atoms with Crippen LogP contribution in [0.2, 0.25) is 0 Å². The Balaban J connectivity index is 1.20. The smallest absolute Gasteiger partial charge is 0.252 e. The molecular weight excluding hydrogens is 585 g/mol. The second kappa shape index (κ2) is 10.2. The van der Waals surface area contributed by atoms with Crippen molar-refractivity contribution in [2.75, 3.05) is 10.2 Å². The van der Waals surface area contributed by atoms with Crippen LogP contribution < -0.4 is 31.2 Å². The van der Waals surface area contributed by atoms with Crippen molar-refractivity contribution in [2.45, 2.75) is 6.92 Å². The Morgan fingerprint density at radius 2 is 1.42 bits per heavy atom. The first kappa shape index (κ1) is 27.1. The van der Waals surface area contributed by atoms with Crippen molar-refractivity contribution in [3.63, 3.8) is 0 Å². The Bertz CT molecular complexity index is 2590. The largest absolute Gasteiger partial charge is 0.455 e. The predicted octanol–water partition coefficient (Wildman–Crippen LogP) is 8.41. The van der Waals surface area contributed by atoms with Gasteiger partial charge in [0.1, 0.15) is 18.2 Å². The monoisotopic (exact) mass is 616 g/mol. The Labute approximate surface area is 279 Å². The van der Waals surface area contributed by atoms with Crippen LogP contribution in [-0.2, 0) is 7.05 Å².